The standard InChI is InChI=1S/C39H48N4O8/c1-38(2,3)50-36(46)42-32-10-8-7-9-31(32)41-34(44)27-15-17-28(18-16-27)40-35(45)49-24-25-11-13-26(14-12-25)30-23-33(30)43(29-19-21-48-22-20-29)37(47)51-39(4,5)6/h7-18,29-30,33H,19-24H2,1-6H3,(H,40,45)(H,41,44)(H,42,46)/t30-,33+/m0/s1. The van der Waals surface area contributed by atoms with Crippen LogP contribution in [-0.4, -0.2) is 65.6 Å². The normalized spacial score (nSPS) is 17.5. The number of anilines is 3. The first kappa shape index (κ1) is 37.2. The van der Waals surface area contributed by atoms with Crippen molar-refractivity contribution in [1.82, 2.24) is 4.90 Å². The third-order valence-corrected chi connectivity index (χ3v) is 8.28. The summed E-state index contributed by atoms with van der Waals surface area (Å²) in [6, 6.07) is 21.2. The lowest BCUT2D eigenvalue weighted by Crippen LogP contribution is -2.47. The number of ether oxygens (including phenoxy) is 4. The topological polar surface area (TPSA) is 145 Å². The van der Waals surface area contributed by atoms with Crippen LogP contribution in [0.5, 0.6) is 0 Å². The monoisotopic (exact) mass is 700 g/mol. The molecule has 4 amide bonds. The summed E-state index contributed by atoms with van der Waals surface area (Å²) in [5.41, 5.74) is 2.31. The van der Waals surface area contributed by atoms with Crippen LogP contribution < -0.4 is 16.0 Å². The maximum atomic E-state index is 13.2. The van der Waals surface area contributed by atoms with Crippen molar-refractivity contribution in [1.29, 1.82) is 0 Å². The van der Waals surface area contributed by atoms with Crippen LogP contribution in [0.3, 0.4) is 0 Å². The molecule has 2 fully saturated rings. The van der Waals surface area contributed by atoms with Crippen LogP contribution in [0.15, 0.2) is 72.8 Å². The molecule has 51 heavy (non-hydrogen) atoms. The van der Waals surface area contributed by atoms with E-state index >= 15 is 0 Å². The van der Waals surface area contributed by atoms with E-state index in [2.05, 4.69) is 16.0 Å². The molecule has 0 aromatic heterocycles. The number of amides is 4. The number of rotatable bonds is 9. The Morgan fingerprint density at radius 2 is 1.35 bits per heavy atom. The molecule has 0 radical (unpaired) electrons. The molecule has 12 heteroatoms. The molecule has 1 saturated carbocycles. The van der Waals surface area contributed by atoms with Crippen molar-refractivity contribution in [3.05, 3.63) is 89.5 Å². The van der Waals surface area contributed by atoms with Crippen LogP contribution in [0.1, 0.15) is 88.2 Å². The molecule has 1 saturated heterocycles. The van der Waals surface area contributed by atoms with E-state index in [4.69, 9.17) is 18.9 Å². The minimum Gasteiger partial charge on any atom is -0.444 e. The molecule has 3 N–H and O–H groups in total. The Kier molecular flexibility index (Phi) is 11.5. The summed E-state index contributed by atoms with van der Waals surface area (Å²) in [4.78, 5) is 52.9. The van der Waals surface area contributed by atoms with Gasteiger partial charge in [0.1, 0.15) is 17.8 Å². The van der Waals surface area contributed by atoms with Gasteiger partial charge in [-0.15, -0.1) is 0 Å². The van der Waals surface area contributed by atoms with Crippen molar-refractivity contribution < 1.29 is 38.1 Å². The molecule has 0 spiro atoms. The summed E-state index contributed by atoms with van der Waals surface area (Å²) >= 11 is 0. The Labute approximate surface area is 299 Å². The molecule has 3 aromatic rings. The van der Waals surface area contributed by atoms with Crippen molar-refractivity contribution >= 4 is 41.2 Å². The van der Waals surface area contributed by atoms with Crippen LogP contribution in [0.2, 0.25) is 0 Å². The Bertz CT molecular complexity index is 1690. The molecule has 0 unspecified atom stereocenters. The average molecular weight is 701 g/mol. The average Bonchev–Trinajstić information content (AvgIpc) is 3.84. The first-order valence-electron chi connectivity index (χ1n) is 17.3. The molecule has 272 valence electrons. The molecule has 12 nitrogen and oxygen atoms in total. The highest BCUT2D eigenvalue weighted by molar-refractivity contribution is 6.07. The summed E-state index contributed by atoms with van der Waals surface area (Å²) in [7, 11) is 0. The maximum absolute atomic E-state index is 13.2. The summed E-state index contributed by atoms with van der Waals surface area (Å²) in [5.74, 6) is -0.183. The minimum atomic E-state index is -0.670. The first-order chi connectivity index (χ1) is 24.1. The van der Waals surface area contributed by atoms with Crippen molar-refractivity contribution in [3.8, 4) is 0 Å². The summed E-state index contributed by atoms with van der Waals surface area (Å²) in [6.07, 6.45) is 0.923. The second kappa shape index (κ2) is 15.8. The predicted octanol–water partition coefficient (Wildman–Crippen LogP) is 8.31. The van der Waals surface area contributed by atoms with Crippen LogP contribution in [0, 0.1) is 0 Å². The van der Waals surface area contributed by atoms with Gasteiger partial charge in [-0.2, -0.15) is 0 Å². The number of hydrogen-bond donors (Lipinski definition) is 3. The van der Waals surface area contributed by atoms with Crippen LogP contribution >= 0.6 is 0 Å². The second-order valence-electron chi connectivity index (χ2n) is 14.8. The number of carbonyl (C=O) groups excluding carboxylic acids is 4. The Morgan fingerprint density at radius 3 is 1.96 bits per heavy atom. The highest BCUT2D eigenvalue weighted by atomic mass is 16.6. The SMILES string of the molecule is CC(C)(C)OC(=O)Nc1ccccc1NC(=O)c1ccc(NC(=O)OCc2ccc([C@@H]3C[C@H]3N(C(=O)OC(C)(C)C)C3CCOCC3)cc2)cc1. The van der Waals surface area contributed by atoms with Crippen LogP contribution in [0.4, 0.5) is 31.4 Å². The van der Waals surface area contributed by atoms with Gasteiger partial charge in [-0.25, -0.2) is 14.4 Å². The van der Waals surface area contributed by atoms with Crippen LogP contribution in [-0.2, 0) is 25.6 Å². The lowest BCUT2D eigenvalue weighted by molar-refractivity contribution is -0.00861. The molecule has 1 aliphatic carbocycles. The molecule has 1 aliphatic heterocycles. The largest absolute Gasteiger partial charge is 0.444 e. The molecular weight excluding hydrogens is 652 g/mol. The second-order valence-corrected chi connectivity index (χ2v) is 14.8. The fraction of sp³-hybridized carbons (Fsp3) is 0.436. The van der Waals surface area contributed by atoms with Gasteiger partial charge in [0.25, 0.3) is 5.91 Å². The van der Waals surface area contributed by atoms with Crippen molar-refractivity contribution in [2.24, 2.45) is 0 Å². The van der Waals surface area contributed by atoms with Gasteiger partial charge in [0.15, 0.2) is 0 Å². The first-order valence-corrected chi connectivity index (χ1v) is 17.3. The zero-order chi connectivity index (χ0) is 36.8. The number of hydrogen-bond acceptors (Lipinski definition) is 8. The summed E-state index contributed by atoms with van der Waals surface area (Å²) in [6.45, 7) is 12.3. The number of benzene rings is 3. The zero-order valence-corrected chi connectivity index (χ0v) is 30.1. The number of nitrogens with zero attached hydrogens (tertiary/aromatic N) is 1. The quantitative estimate of drug-likeness (QED) is 0.189. The van der Waals surface area contributed by atoms with Crippen LogP contribution in [0.25, 0.3) is 0 Å². The van der Waals surface area contributed by atoms with Gasteiger partial charge >= 0.3 is 18.3 Å². The number of para-hydroxylation sites is 2. The van der Waals surface area contributed by atoms with Crippen molar-refractivity contribution in [3.63, 3.8) is 0 Å². The lowest BCUT2D eigenvalue weighted by atomic mass is 10.1. The van der Waals surface area contributed by atoms with Gasteiger partial charge in [-0.3, -0.25) is 15.4 Å². The number of carbonyl (C=O) groups is 4. The van der Waals surface area contributed by atoms with Crippen molar-refractivity contribution in [2.45, 2.75) is 96.6 Å². The Balaban J connectivity index is 1.10. The maximum Gasteiger partial charge on any atom is 0.412 e. The van der Waals surface area contributed by atoms with E-state index in [1.807, 2.05) is 49.9 Å². The zero-order valence-electron chi connectivity index (χ0n) is 30.1. The molecule has 1 heterocycles. The van der Waals surface area contributed by atoms with Gasteiger partial charge in [0, 0.05) is 42.5 Å². The van der Waals surface area contributed by atoms with E-state index in [0.717, 1.165) is 30.4 Å². The summed E-state index contributed by atoms with van der Waals surface area (Å²) < 4.78 is 22.1. The predicted molar refractivity (Wildman–Crippen MR) is 194 cm³/mol. The third-order valence-electron chi connectivity index (χ3n) is 8.28. The molecule has 3 aromatic carbocycles. The molecular formula is C39H48N4O8. The van der Waals surface area contributed by atoms with Gasteiger partial charge in [0.05, 0.1) is 11.4 Å². The Morgan fingerprint density at radius 1 is 0.745 bits per heavy atom. The van der Waals surface area contributed by atoms with Gasteiger partial charge in [-0.05, 0) is 108 Å². The highest BCUT2D eigenvalue weighted by Gasteiger charge is 2.48. The van der Waals surface area contributed by atoms with E-state index in [-0.39, 0.29) is 30.7 Å². The Hall–Kier alpha value is -5.10. The fourth-order valence-corrected chi connectivity index (χ4v) is 5.86. The van der Waals surface area contributed by atoms with E-state index in [1.165, 1.54) is 0 Å². The van der Waals surface area contributed by atoms with Gasteiger partial charge in [-0.1, -0.05) is 36.4 Å². The minimum absolute atomic E-state index is 0.0730. The third kappa shape index (κ3) is 10.9. The highest BCUT2D eigenvalue weighted by Crippen LogP contribution is 2.47. The number of nitrogens with one attached hydrogen (secondary N) is 3. The fourth-order valence-electron chi connectivity index (χ4n) is 5.86. The molecule has 5 rings (SSSR count). The van der Waals surface area contributed by atoms with E-state index < -0.39 is 29.3 Å². The summed E-state index contributed by atoms with van der Waals surface area (Å²) in [5, 5.41) is 8.13. The molecule has 2 aliphatic rings. The molecule has 0 bridgehead atoms. The lowest BCUT2D eigenvalue weighted by Gasteiger charge is -2.36. The van der Waals surface area contributed by atoms with Gasteiger partial charge < -0.3 is 29.2 Å². The van der Waals surface area contributed by atoms with Gasteiger partial charge in [0.2, 0.25) is 0 Å². The van der Waals surface area contributed by atoms with Crippen molar-refractivity contribution in [2.75, 3.05) is 29.2 Å². The molecule has 2 atom stereocenters. The van der Waals surface area contributed by atoms with E-state index in [0.29, 0.717) is 35.8 Å². The smallest absolute Gasteiger partial charge is 0.412 e. The van der Waals surface area contributed by atoms with E-state index in [9.17, 15) is 19.2 Å². The van der Waals surface area contributed by atoms with E-state index in [1.54, 1.807) is 69.3 Å².